The van der Waals surface area contributed by atoms with Gasteiger partial charge in [-0.25, -0.2) is 0 Å². The Balaban J connectivity index is 2.13. The quantitative estimate of drug-likeness (QED) is 0.829. The van der Waals surface area contributed by atoms with E-state index in [1.165, 1.54) is 11.3 Å². The summed E-state index contributed by atoms with van der Waals surface area (Å²) in [6.45, 7) is 8.52. The molecule has 1 saturated heterocycles. The maximum absolute atomic E-state index is 5.37. The lowest BCUT2D eigenvalue weighted by Gasteiger charge is -2.41. The van der Waals surface area contributed by atoms with E-state index in [0.717, 1.165) is 26.2 Å². The van der Waals surface area contributed by atoms with Crippen LogP contribution >= 0.6 is 0 Å². The van der Waals surface area contributed by atoms with Crippen molar-refractivity contribution < 1.29 is 4.74 Å². The standard InChI is InChI=1S/C16H26N2O/c1-13(2)14-5-7-15(8-6-14)18-10-9-17(3)11-16(18)12-19-4/h5-8,13,16H,9-12H2,1-4H3. The molecule has 1 aromatic carbocycles. The molecule has 2 rings (SSSR count). The van der Waals surface area contributed by atoms with Crippen molar-refractivity contribution in [2.24, 2.45) is 0 Å². The van der Waals surface area contributed by atoms with Gasteiger partial charge in [0.25, 0.3) is 0 Å². The van der Waals surface area contributed by atoms with Gasteiger partial charge in [-0.1, -0.05) is 26.0 Å². The van der Waals surface area contributed by atoms with Crippen LogP contribution < -0.4 is 4.90 Å². The van der Waals surface area contributed by atoms with Gasteiger partial charge < -0.3 is 14.5 Å². The Morgan fingerprint density at radius 1 is 1.21 bits per heavy atom. The van der Waals surface area contributed by atoms with Crippen LogP contribution in [-0.2, 0) is 4.74 Å². The number of hydrogen-bond donors (Lipinski definition) is 0. The number of rotatable bonds is 4. The second kappa shape index (κ2) is 6.40. The summed E-state index contributed by atoms with van der Waals surface area (Å²) >= 11 is 0. The maximum Gasteiger partial charge on any atom is 0.0678 e. The molecule has 0 radical (unpaired) electrons. The molecule has 0 saturated carbocycles. The van der Waals surface area contributed by atoms with Gasteiger partial charge in [-0.15, -0.1) is 0 Å². The molecule has 0 amide bonds. The Hall–Kier alpha value is -1.06. The lowest BCUT2D eigenvalue weighted by Crippen LogP contribution is -2.53. The highest BCUT2D eigenvalue weighted by Crippen LogP contribution is 2.23. The lowest BCUT2D eigenvalue weighted by molar-refractivity contribution is 0.143. The molecule has 0 aromatic heterocycles. The van der Waals surface area contributed by atoms with Crippen LogP contribution in [-0.4, -0.2) is 51.3 Å². The van der Waals surface area contributed by atoms with Crippen LogP contribution in [0.5, 0.6) is 0 Å². The van der Waals surface area contributed by atoms with Crippen LogP contribution in [0.25, 0.3) is 0 Å². The summed E-state index contributed by atoms with van der Waals surface area (Å²) in [5, 5.41) is 0. The third-order valence-electron chi connectivity index (χ3n) is 3.94. The van der Waals surface area contributed by atoms with E-state index in [4.69, 9.17) is 4.74 Å². The topological polar surface area (TPSA) is 15.7 Å². The SMILES string of the molecule is COCC1CN(C)CCN1c1ccc(C(C)C)cc1. The molecular formula is C16H26N2O. The molecule has 1 aliphatic heterocycles. The van der Waals surface area contributed by atoms with E-state index in [0.29, 0.717) is 12.0 Å². The predicted molar refractivity (Wildman–Crippen MR) is 81.0 cm³/mol. The fourth-order valence-electron chi connectivity index (χ4n) is 2.74. The van der Waals surface area contributed by atoms with Gasteiger partial charge in [0.05, 0.1) is 12.6 Å². The smallest absolute Gasteiger partial charge is 0.0678 e. The fourth-order valence-corrected chi connectivity index (χ4v) is 2.74. The molecule has 1 aromatic rings. The van der Waals surface area contributed by atoms with E-state index in [1.54, 1.807) is 7.11 Å². The molecule has 0 N–H and O–H groups in total. The molecule has 0 aliphatic carbocycles. The minimum Gasteiger partial charge on any atom is -0.383 e. The van der Waals surface area contributed by atoms with Crippen molar-refractivity contribution in [3.05, 3.63) is 29.8 Å². The largest absolute Gasteiger partial charge is 0.383 e. The van der Waals surface area contributed by atoms with Gasteiger partial charge >= 0.3 is 0 Å². The van der Waals surface area contributed by atoms with Gasteiger partial charge in [0, 0.05) is 32.4 Å². The van der Waals surface area contributed by atoms with Crippen molar-refractivity contribution in [2.75, 3.05) is 45.3 Å². The van der Waals surface area contributed by atoms with Crippen LogP contribution in [0.1, 0.15) is 25.3 Å². The zero-order valence-electron chi connectivity index (χ0n) is 12.6. The van der Waals surface area contributed by atoms with Gasteiger partial charge in [0.2, 0.25) is 0 Å². The van der Waals surface area contributed by atoms with Crippen molar-refractivity contribution in [3.8, 4) is 0 Å². The predicted octanol–water partition coefficient (Wildman–Crippen LogP) is 2.58. The third-order valence-corrected chi connectivity index (χ3v) is 3.94. The normalized spacial score (nSPS) is 21.1. The van der Waals surface area contributed by atoms with E-state index in [2.05, 4.69) is 55.0 Å². The highest BCUT2D eigenvalue weighted by atomic mass is 16.5. The van der Waals surface area contributed by atoms with Gasteiger partial charge in [0.15, 0.2) is 0 Å². The molecule has 1 fully saturated rings. The Morgan fingerprint density at radius 3 is 2.47 bits per heavy atom. The number of nitrogens with zero attached hydrogens (tertiary/aromatic N) is 2. The first kappa shape index (κ1) is 14.4. The Bertz CT molecular complexity index is 388. The molecule has 1 aliphatic rings. The average molecular weight is 262 g/mol. The molecule has 106 valence electrons. The van der Waals surface area contributed by atoms with Crippen molar-refractivity contribution in [1.82, 2.24) is 4.90 Å². The summed E-state index contributed by atoms with van der Waals surface area (Å²) in [5.41, 5.74) is 2.72. The highest BCUT2D eigenvalue weighted by molar-refractivity contribution is 5.49. The first-order valence-corrected chi connectivity index (χ1v) is 7.16. The summed E-state index contributed by atoms with van der Waals surface area (Å²) in [4.78, 5) is 4.86. The molecule has 19 heavy (non-hydrogen) atoms. The summed E-state index contributed by atoms with van der Waals surface area (Å²) in [5.74, 6) is 0.594. The molecule has 1 atom stereocenters. The second-order valence-electron chi connectivity index (χ2n) is 5.81. The van der Waals surface area contributed by atoms with E-state index < -0.39 is 0 Å². The number of hydrogen-bond acceptors (Lipinski definition) is 3. The monoisotopic (exact) mass is 262 g/mol. The molecular weight excluding hydrogens is 236 g/mol. The zero-order chi connectivity index (χ0) is 13.8. The van der Waals surface area contributed by atoms with E-state index >= 15 is 0 Å². The summed E-state index contributed by atoms with van der Waals surface area (Å²) in [6, 6.07) is 9.46. The Morgan fingerprint density at radius 2 is 1.89 bits per heavy atom. The van der Waals surface area contributed by atoms with E-state index in [9.17, 15) is 0 Å². The fraction of sp³-hybridized carbons (Fsp3) is 0.625. The number of methoxy groups -OCH3 is 1. The Kier molecular flexibility index (Phi) is 4.83. The molecule has 1 unspecified atom stereocenters. The van der Waals surface area contributed by atoms with Gasteiger partial charge in [-0.2, -0.15) is 0 Å². The number of benzene rings is 1. The number of ether oxygens (including phenoxy) is 1. The molecule has 3 heteroatoms. The van der Waals surface area contributed by atoms with Crippen molar-refractivity contribution in [2.45, 2.75) is 25.8 Å². The van der Waals surface area contributed by atoms with Crippen LogP contribution in [0.3, 0.4) is 0 Å². The maximum atomic E-state index is 5.37. The Labute approximate surface area is 117 Å². The number of piperazine rings is 1. The van der Waals surface area contributed by atoms with Gasteiger partial charge in [-0.3, -0.25) is 0 Å². The minimum atomic E-state index is 0.452. The van der Waals surface area contributed by atoms with Gasteiger partial charge in [0.1, 0.15) is 0 Å². The average Bonchev–Trinajstić information content (AvgIpc) is 2.39. The van der Waals surface area contributed by atoms with E-state index in [-0.39, 0.29) is 0 Å². The third kappa shape index (κ3) is 3.48. The van der Waals surface area contributed by atoms with Crippen LogP contribution in [0, 0.1) is 0 Å². The van der Waals surface area contributed by atoms with Crippen LogP contribution in [0.4, 0.5) is 5.69 Å². The first-order valence-electron chi connectivity index (χ1n) is 7.16. The van der Waals surface area contributed by atoms with Gasteiger partial charge in [-0.05, 0) is 30.7 Å². The molecule has 1 heterocycles. The summed E-state index contributed by atoms with van der Waals surface area (Å²) < 4.78 is 5.37. The van der Waals surface area contributed by atoms with Crippen molar-refractivity contribution in [3.63, 3.8) is 0 Å². The van der Waals surface area contributed by atoms with Crippen LogP contribution in [0.15, 0.2) is 24.3 Å². The van der Waals surface area contributed by atoms with Crippen molar-refractivity contribution >= 4 is 5.69 Å². The second-order valence-corrected chi connectivity index (χ2v) is 5.81. The first-order chi connectivity index (χ1) is 9.11. The number of anilines is 1. The van der Waals surface area contributed by atoms with E-state index in [1.807, 2.05) is 0 Å². The summed E-state index contributed by atoms with van der Waals surface area (Å²) in [6.07, 6.45) is 0. The molecule has 3 nitrogen and oxygen atoms in total. The number of likely N-dealkylation sites (N-methyl/N-ethyl adjacent to an activating group) is 1. The van der Waals surface area contributed by atoms with Crippen molar-refractivity contribution in [1.29, 1.82) is 0 Å². The summed E-state index contributed by atoms with van der Waals surface area (Å²) in [7, 11) is 3.97. The highest BCUT2D eigenvalue weighted by Gasteiger charge is 2.25. The lowest BCUT2D eigenvalue weighted by atomic mass is 10.0. The zero-order valence-corrected chi connectivity index (χ0v) is 12.6. The molecule has 0 bridgehead atoms. The molecule has 0 spiro atoms. The minimum absolute atomic E-state index is 0.452. The van der Waals surface area contributed by atoms with Crippen LogP contribution in [0.2, 0.25) is 0 Å².